The smallest absolute Gasteiger partial charge is 0.237 e. The molecule has 0 bridgehead atoms. The van der Waals surface area contributed by atoms with E-state index in [2.05, 4.69) is 10.6 Å². The number of β-amino-alcohol motifs (C(OH)–C–C–N with tert-alkyl or cyclic N) is 1. The Morgan fingerprint density at radius 3 is 3.05 bits per heavy atom. The van der Waals surface area contributed by atoms with Gasteiger partial charge in [-0.1, -0.05) is 23.7 Å². The fourth-order valence-corrected chi connectivity index (χ4v) is 3.23. The summed E-state index contributed by atoms with van der Waals surface area (Å²) in [5.74, 6) is -0.0330. The molecular weight excluding hydrogens is 264 g/mol. The first-order chi connectivity index (χ1) is 9.15. The molecule has 0 radical (unpaired) electrons. The zero-order valence-corrected chi connectivity index (χ0v) is 11.3. The van der Waals surface area contributed by atoms with Crippen LogP contribution in [0.2, 0.25) is 5.02 Å². The van der Waals surface area contributed by atoms with Crippen LogP contribution in [-0.4, -0.2) is 29.7 Å². The number of halogens is 1. The fourth-order valence-electron chi connectivity index (χ4n) is 2.95. The number of carbonyl (C=O) groups is 1. The van der Waals surface area contributed by atoms with Crippen molar-refractivity contribution >= 4 is 17.5 Å². The van der Waals surface area contributed by atoms with Gasteiger partial charge in [0.25, 0.3) is 0 Å². The van der Waals surface area contributed by atoms with E-state index in [1.54, 1.807) is 0 Å². The number of nitrogens with one attached hydrogen (secondary N) is 2. The molecule has 3 atom stereocenters. The van der Waals surface area contributed by atoms with Crippen LogP contribution in [0.1, 0.15) is 30.0 Å². The van der Waals surface area contributed by atoms with Gasteiger partial charge in [0.15, 0.2) is 0 Å². The number of hydrogen-bond donors (Lipinski definition) is 3. The maximum atomic E-state index is 12.1. The Bertz CT molecular complexity index is 506. The lowest BCUT2D eigenvalue weighted by atomic mass is 10.1. The number of rotatable bonds is 2. The summed E-state index contributed by atoms with van der Waals surface area (Å²) in [7, 11) is 0. The van der Waals surface area contributed by atoms with Crippen molar-refractivity contribution in [1.82, 2.24) is 10.6 Å². The Kier molecular flexibility index (Phi) is 3.48. The summed E-state index contributed by atoms with van der Waals surface area (Å²) in [5, 5.41) is 16.3. The zero-order valence-electron chi connectivity index (χ0n) is 10.5. The van der Waals surface area contributed by atoms with Gasteiger partial charge in [0.05, 0.1) is 18.2 Å². The lowest BCUT2D eigenvalue weighted by Crippen LogP contribution is -2.41. The molecule has 1 saturated heterocycles. The first-order valence-corrected chi connectivity index (χ1v) is 7.02. The third-order valence-corrected chi connectivity index (χ3v) is 4.31. The Morgan fingerprint density at radius 1 is 1.47 bits per heavy atom. The largest absolute Gasteiger partial charge is 0.392 e. The molecule has 19 heavy (non-hydrogen) atoms. The molecule has 1 aromatic carbocycles. The fraction of sp³-hybridized carbons (Fsp3) is 0.500. The van der Waals surface area contributed by atoms with E-state index >= 15 is 0 Å². The molecule has 1 heterocycles. The first kappa shape index (κ1) is 12.9. The van der Waals surface area contributed by atoms with Gasteiger partial charge in [-0.3, -0.25) is 4.79 Å². The summed E-state index contributed by atoms with van der Waals surface area (Å²) < 4.78 is 0. The number of benzene rings is 1. The van der Waals surface area contributed by atoms with E-state index in [-0.39, 0.29) is 18.0 Å². The number of aliphatic hydroxyl groups is 1. The highest BCUT2D eigenvalue weighted by Crippen LogP contribution is 2.35. The van der Waals surface area contributed by atoms with Crippen LogP contribution >= 0.6 is 11.6 Å². The highest BCUT2D eigenvalue weighted by molar-refractivity contribution is 6.31. The zero-order chi connectivity index (χ0) is 13.4. The minimum atomic E-state index is -0.416. The molecule has 1 aromatic rings. The van der Waals surface area contributed by atoms with Gasteiger partial charge >= 0.3 is 0 Å². The lowest BCUT2D eigenvalue weighted by Gasteiger charge is -2.17. The van der Waals surface area contributed by atoms with Gasteiger partial charge in [0.1, 0.15) is 0 Å². The molecule has 1 fully saturated rings. The molecule has 102 valence electrons. The van der Waals surface area contributed by atoms with Crippen molar-refractivity contribution in [1.29, 1.82) is 0 Å². The van der Waals surface area contributed by atoms with Crippen molar-refractivity contribution < 1.29 is 9.90 Å². The van der Waals surface area contributed by atoms with Crippen LogP contribution < -0.4 is 10.6 Å². The van der Waals surface area contributed by atoms with Crippen LogP contribution in [0, 0.1) is 0 Å². The first-order valence-electron chi connectivity index (χ1n) is 6.64. The quantitative estimate of drug-likeness (QED) is 0.762. The van der Waals surface area contributed by atoms with Gasteiger partial charge in [-0.05, 0) is 36.5 Å². The standard InChI is InChI=1S/C14H17ClN2O2/c15-11-3-1-2-10-9(11)4-5-12(10)17-14(19)13-6-8(18)7-16-13/h1-3,8,12-13,16,18H,4-7H2,(H,17,19). The second kappa shape index (κ2) is 5.12. The molecular formula is C14H17ClN2O2. The van der Waals surface area contributed by atoms with E-state index < -0.39 is 6.10 Å². The second-order valence-electron chi connectivity index (χ2n) is 5.26. The molecule has 1 aliphatic heterocycles. The Balaban J connectivity index is 1.70. The molecule has 0 aromatic heterocycles. The summed E-state index contributed by atoms with van der Waals surface area (Å²) in [6.45, 7) is 0.491. The molecule has 1 aliphatic carbocycles. The lowest BCUT2D eigenvalue weighted by molar-refractivity contribution is -0.123. The van der Waals surface area contributed by atoms with Crippen LogP contribution in [0.25, 0.3) is 0 Å². The van der Waals surface area contributed by atoms with Gasteiger partial charge in [-0.25, -0.2) is 0 Å². The topological polar surface area (TPSA) is 61.4 Å². The molecule has 3 rings (SSSR count). The Hall–Kier alpha value is -1.10. The van der Waals surface area contributed by atoms with Gasteiger partial charge in [-0.15, -0.1) is 0 Å². The minimum Gasteiger partial charge on any atom is -0.392 e. The van der Waals surface area contributed by atoms with Crippen LogP contribution in [0.15, 0.2) is 18.2 Å². The van der Waals surface area contributed by atoms with Gasteiger partial charge < -0.3 is 15.7 Å². The van der Waals surface area contributed by atoms with E-state index in [9.17, 15) is 9.90 Å². The monoisotopic (exact) mass is 280 g/mol. The van der Waals surface area contributed by atoms with Crippen molar-refractivity contribution in [3.05, 3.63) is 34.3 Å². The molecule has 3 unspecified atom stereocenters. The van der Waals surface area contributed by atoms with E-state index in [4.69, 9.17) is 11.6 Å². The Labute approximate surface area is 117 Å². The summed E-state index contributed by atoms with van der Waals surface area (Å²) in [6, 6.07) is 5.60. The van der Waals surface area contributed by atoms with E-state index in [0.717, 1.165) is 29.0 Å². The van der Waals surface area contributed by atoms with Crippen molar-refractivity contribution in [3.63, 3.8) is 0 Å². The number of fused-ring (bicyclic) bond motifs is 1. The van der Waals surface area contributed by atoms with E-state index in [0.29, 0.717) is 13.0 Å². The number of carbonyl (C=O) groups excluding carboxylic acids is 1. The molecule has 1 amide bonds. The van der Waals surface area contributed by atoms with Gasteiger partial charge in [0, 0.05) is 11.6 Å². The van der Waals surface area contributed by atoms with E-state index in [1.165, 1.54) is 0 Å². The van der Waals surface area contributed by atoms with Crippen molar-refractivity contribution in [3.8, 4) is 0 Å². The summed E-state index contributed by atoms with van der Waals surface area (Å²) in [5.41, 5.74) is 2.27. The summed E-state index contributed by atoms with van der Waals surface area (Å²) in [4.78, 5) is 12.1. The van der Waals surface area contributed by atoms with Crippen molar-refractivity contribution in [2.45, 2.75) is 37.5 Å². The number of hydrogen-bond acceptors (Lipinski definition) is 3. The molecule has 4 nitrogen and oxygen atoms in total. The number of amides is 1. The summed E-state index contributed by atoms with van der Waals surface area (Å²) >= 11 is 6.16. The van der Waals surface area contributed by atoms with Crippen molar-refractivity contribution in [2.24, 2.45) is 0 Å². The molecule has 0 spiro atoms. The SMILES string of the molecule is O=C(NC1CCc2c(Cl)cccc21)C1CC(O)CN1. The maximum Gasteiger partial charge on any atom is 0.237 e. The third-order valence-electron chi connectivity index (χ3n) is 3.95. The predicted octanol–water partition coefficient (Wildman–Crippen LogP) is 1.17. The second-order valence-corrected chi connectivity index (χ2v) is 5.67. The van der Waals surface area contributed by atoms with Gasteiger partial charge in [-0.2, -0.15) is 0 Å². The normalized spacial score (nSPS) is 29.3. The minimum absolute atomic E-state index is 0.0330. The Morgan fingerprint density at radius 2 is 2.32 bits per heavy atom. The third kappa shape index (κ3) is 2.48. The van der Waals surface area contributed by atoms with Crippen molar-refractivity contribution in [2.75, 3.05) is 6.54 Å². The highest BCUT2D eigenvalue weighted by Gasteiger charge is 2.31. The average Bonchev–Trinajstić information content (AvgIpc) is 2.98. The van der Waals surface area contributed by atoms with Crippen LogP contribution in [0.3, 0.4) is 0 Å². The van der Waals surface area contributed by atoms with Gasteiger partial charge in [0.2, 0.25) is 5.91 Å². The van der Waals surface area contributed by atoms with Crippen LogP contribution in [0.5, 0.6) is 0 Å². The highest BCUT2D eigenvalue weighted by atomic mass is 35.5. The molecule has 2 aliphatic rings. The summed E-state index contributed by atoms with van der Waals surface area (Å²) in [6.07, 6.45) is 1.86. The molecule has 5 heteroatoms. The molecule has 3 N–H and O–H groups in total. The number of aliphatic hydroxyl groups excluding tert-OH is 1. The van der Waals surface area contributed by atoms with Crippen LogP contribution in [0.4, 0.5) is 0 Å². The van der Waals surface area contributed by atoms with E-state index in [1.807, 2.05) is 18.2 Å². The maximum absolute atomic E-state index is 12.1. The molecule has 0 saturated carbocycles. The predicted molar refractivity (Wildman–Crippen MR) is 73.1 cm³/mol. The average molecular weight is 281 g/mol. The van der Waals surface area contributed by atoms with Crippen LogP contribution in [-0.2, 0) is 11.2 Å².